The number of H-pyrrole nitrogens is 1. The predicted octanol–water partition coefficient (Wildman–Crippen LogP) is 4.39. The Morgan fingerprint density at radius 2 is 1.83 bits per heavy atom. The van der Waals surface area contributed by atoms with E-state index in [1.165, 1.54) is 0 Å². The number of hydrogen-bond acceptors (Lipinski definition) is 6. The molecule has 0 atom stereocenters. The maximum Gasteiger partial charge on any atom is 0.361 e. The monoisotopic (exact) mass is 403 g/mol. The number of hydrogen-bond donors (Lipinski definition) is 1. The number of aromatic amines is 1. The lowest BCUT2D eigenvalue weighted by Gasteiger charge is -2.12. The van der Waals surface area contributed by atoms with Gasteiger partial charge in [0, 0.05) is 11.1 Å². The molecule has 0 aliphatic carbocycles. The van der Waals surface area contributed by atoms with Crippen LogP contribution in [-0.2, 0) is 11.3 Å². The molecule has 0 unspecified atom stereocenters. The third kappa shape index (κ3) is 3.96. The van der Waals surface area contributed by atoms with E-state index in [1.807, 2.05) is 54.6 Å². The van der Waals surface area contributed by atoms with Crippen molar-refractivity contribution in [2.75, 3.05) is 13.7 Å². The van der Waals surface area contributed by atoms with E-state index in [0.717, 1.165) is 22.1 Å². The van der Waals surface area contributed by atoms with Gasteiger partial charge in [-0.3, -0.25) is 0 Å². The number of nitrogens with one attached hydrogen (secondary N) is 1. The van der Waals surface area contributed by atoms with Gasteiger partial charge in [-0.25, -0.2) is 4.79 Å². The fraction of sp³-hybridized carbons (Fsp3) is 0.174. The largest absolute Gasteiger partial charge is 0.496 e. The standard InChI is InChI=1S/C23H21N3O4/c1-3-29-23(27)22-21(24-26-25-22)17-9-11-20(28-2)18(12-17)14-30-19-10-8-15-6-4-5-7-16(15)13-19/h4-13H,3,14H2,1-2H3,(H,24,25,26). The first-order chi connectivity index (χ1) is 14.7. The zero-order chi connectivity index (χ0) is 20.9. The van der Waals surface area contributed by atoms with Gasteiger partial charge in [-0.15, -0.1) is 5.10 Å². The normalized spacial score (nSPS) is 10.7. The molecule has 0 aliphatic rings. The van der Waals surface area contributed by atoms with E-state index in [4.69, 9.17) is 14.2 Å². The molecule has 7 nitrogen and oxygen atoms in total. The van der Waals surface area contributed by atoms with Gasteiger partial charge < -0.3 is 14.2 Å². The summed E-state index contributed by atoms with van der Waals surface area (Å²) < 4.78 is 16.5. The molecule has 0 fully saturated rings. The molecule has 0 aliphatic heterocycles. The summed E-state index contributed by atoms with van der Waals surface area (Å²) in [5.74, 6) is 0.918. The minimum Gasteiger partial charge on any atom is -0.496 e. The number of carbonyl (C=O) groups excluding carboxylic acids is 1. The van der Waals surface area contributed by atoms with Crippen LogP contribution in [-0.4, -0.2) is 35.1 Å². The van der Waals surface area contributed by atoms with Gasteiger partial charge in [0.2, 0.25) is 0 Å². The Hall–Kier alpha value is -3.87. The highest BCUT2D eigenvalue weighted by atomic mass is 16.5. The van der Waals surface area contributed by atoms with Gasteiger partial charge in [0.05, 0.1) is 13.7 Å². The molecule has 4 aromatic rings. The van der Waals surface area contributed by atoms with E-state index in [1.54, 1.807) is 14.0 Å². The van der Waals surface area contributed by atoms with Gasteiger partial charge in [0.15, 0.2) is 5.69 Å². The molecule has 0 saturated heterocycles. The molecule has 0 bridgehead atoms. The number of aromatic nitrogens is 3. The summed E-state index contributed by atoms with van der Waals surface area (Å²) in [6.07, 6.45) is 0. The van der Waals surface area contributed by atoms with Crippen molar-refractivity contribution >= 4 is 16.7 Å². The first-order valence-corrected chi connectivity index (χ1v) is 9.56. The zero-order valence-electron chi connectivity index (χ0n) is 16.7. The van der Waals surface area contributed by atoms with Crippen LogP contribution in [0.4, 0.5) is 0 Å². The average Bonchev–Trinajstić information content (AvgIpc) is 3.27. The van der Waals surface area contributed by atoms with Gasteiger partial charge in [-0.1, -0.05) is 30.3 Å². The minimum absolute atomic E-state index is 0.142. The maximum atomic E-state index is 12.1. The smallest absolute Gasteiger partial charge is 0.361 e. The van der Waals surface area contributed by atoms with Crippen LogP contribution >= 0.6 is 0 Å². The number of rotatable bonds is 7. The molecule has 0 amide bonds. The molecule has 4 rings (SSSR count). The molecule has 0 saturated carbocycles. The van der Waals surface area contributed by atoms with Crippen LogP contribution in [0.3, 0.4) is 0 Å². The van der Waals surface area contributed by atoms with Crippen LogP contribution < -0.4 is 9.47 Å². The number of benzene rings is 3. The highest BCUT2D eigenvalue weighted by molar-refractivity contribution is 5.94. The summed E-state index contributed by atoms with van der Waals surface area (Å²) in [6.45, 7) is 2.30. The van der Waals surface area contributed by atoms with E-state index in [2.05, 4.69) is 21.5 Å². The van der Waals surface area contributed by atoms with E-state index in [9.17, 15) is 4.79 Å². The molecular formula is C23H21N3O4. The van der Waals surface area contributed by atoms with Crippen molar-refractivity contribution in [3.05, 3.63) is 71.9 Å². The summed E-state index contributed by atoms with van der Waals surface area (Å²) in [5.41, 5.74) is 2.09. The fourth-order valence-electron chi connectivity index (χ4n) is 3.23. The Labute approximate surface area is 173 Å². The fourth-order valence-corrected chi connectivity index (χ4v) is 3.23. The molecule has 30 heavy (non-hydrogen) atoms. The van der Waals surface area contributed by atoms with Gasteiger partial charge in [-0.2, -0.15) is 10.3 Å². The number of esters is 1. The van der Waals surface area contributed by atoms with E-state index < -0.39 is 5.97 Å². The molecule has 0 spiro atoms. The van der Waals surface area contributed by atoms with E-state index >= 15 is 0 Å². The number of ether oxygens (including phenoxy) is 3. The Balaban J connectivity index is 1.60. The summed E-state index contributed by atoms with van der Waals surface area (Å²) in [6, 6.07) is 19.6. The van der Waals surface area contributed by atoms with Gasteiger partial charge in [0.1, 0.15) is 23.8 Å². The highest BCUT2D eigenvalue weighted by Crippen LogP contribution is 2.29. The van der Waals surface area contributed by atoms with Crippen LogP contribution in [0.2, 0.25) is 0 Å². The zero-order valence-corrected chi connectivity index (χ0v) is 16.7. The Kier molecular flexibility index (Phi) is 5.61. The number of fused-ring (bicyclic) bond motifs is 1. The first-order valence-electron chi connectivity index (χ1n) is 9.56. The molecule has 1 heterocycles. The first kappa shape index (κ1) is 19.4. The lowest BCUT2D eigenvalue weighted by Crippen LogP contribution is -2.07. The number of methoxy groups -OCH3 is 1. The summed E-state index contributed by atoms with van der Waals surface area (Å²) >= 11 is 0. The van der Waals surface area contributed by atoms with Crippen LogP contribution in [0, 0.1) is 0 Å². The average molecular weight is 403 g/mol. The van der Waals surface area contributed by atoms with Crippen molar-refractivity contribution in [2.24, 2.45) is 0 Å². The number of nitrogens with zero attached hydrogens (tertiary/aromatic N) is 2. The second-order valence-electron chi connectivity index (χ2n) is 6.57. The second kappa shape index (κ2) is 8.65. The predicted molar refractivity (Wildman–Crippen MR) is 113 cm³/mol. The second-order valence-corrected chi connectivity index (χ2v) is 6.57. The Bertz CT molecular complexity index is 1190. The number of carbonyl (C=O) groups is 1. The quantitative estimate of drug-likeness (QED) is 0.461. The summed E-state index contributed by atoms with van der Waals surface area (Å²) in [5, 5.41) is 12.8. The van der Waals surface area contributed by atoms with Crippen molar-refractivity contribution in [3.63, 3.8) is 0 Å². The van der Waals surface area contributed by atoms with Gasteiger partial charge >= 0.3 is 5.97 Å². The van der Waals surface area contributed by atoms with Gasteiger partial charge in [-0.05, 0) is 48.0 Å². The van der Waals surface area contributed by atoms with Gasteiger partial charge in [0.25, 0.3) is 0 Å². The van der Waals surface area contributed by atoms with Crippen molar-refractivity contribution in [2.45, 2.75) is 13.5 Å². The van der Waals surface area contributed by atoms with Crippen LogP contribution in [0.5, 0.6) is 11.5 Å². The summed E-state index contributed by atoms with van der Waals surface area (Å²) in [4.78, 5) is 12.1. The molecule has 0 radical (unpaired) electrons. The van der Waals surface area contributed by atoms with Crippen molar-refractivity contribution < 1.29 is 19.0 Å². The van der Waals surface area contributed by atoms with E-state index in [0.29, 0.717) is 23.6 Å². The molecule has 1 aromatic heterocycles. The Morgan fingerprint density at radius 3 is 2.63 bits per heavy atom. The molecule has 3 aromatic carbocycles. The third-order valence-corrected chi connectivity index (χ3v) is 4.69. The SMILES string of the molecule is CCOC(=O)c1n[nH]nc1-c1ccc(OC)c(COc2ccc3ccccc3c2)c1. The van der Waals surface area contributed by atoms with Crippen molar-refractivity contribution in [1.29, 1.82) is 0 Å². The van der Waals surface area contributed by atoms with Crippen LogP contribution in [0.1, 0.15) is 23.0 Å². The molecule has 7 heteroatoms. The third-order valence-electron chi connectivity index (χ3n) is 4.69. The molecule has 1 N–H and O–H groups in total. The molecular weight excluding hydrogens is 382 g/mol. The van der Waals surface area contributed by atoms with E-state index in [-0.39, 0.29) is 12.3 Å². The minimum atomic E-state index is -0.522. The lowest BCUT2D eigenvalue weighted by atomic mass is 10.1. The molecule has 152 valence electrons. The van der Waals surface area contributed by atoms with Crippen molar-refractivity contribution in [3.8, 4) is 22.8 Å². The van der Waals surface area contributed by atoms with Crippen molar-refractivity contribution in [1.82, 2.24) is 15.4 Å². The highest BCUT2D eigenvalue weighted by Gasteiger charge is 2.20. The lowest BCUT2D eigenvalue weighted by molar-refractivity contribution is 0.0520. The van der Waals surface area contributed by atoms with Crippen LogP contribution in [0.15, 0.2) is 60.7 Å². The maximum absolute atomic E-state index is 12.1. The summed E-state index contributed by atoms with van der Waals surface area (Å²) in [7, 11) is 1.61. The van der Waals surface area contributed by atoms with Crippen LogP contribution in [0.25, 0.3) is 22.0 Å². The topological polar surface area (TPSA) is 86.3 Å². The Morgan fingerprint density at radius 1 is 1.00 bits per heavy atom.